The molecule has 0 nitrogen and oxygen atoms in total. The molecule has 0 saturated carbocycles. The van der Waals surface area contributed by atoms with E-state index in [-0.39, 0.29) is 21.7 Å². The quantitative estimate of drug-likeness (QED) is 0.181. The summed E-state index contributed by atoms with van der Waals surface area (Å²) in [6, 6.07) is 32.6. The van der Waals surface area contributed by atoms with Crippen molar-refractivity contribution in [3.05, 3.63) is 178 Å². The summed E-state index contributed by atoms with van der Waals surface area (Å²) in [5.74, 6) is 0. The van der Waals surface area contributed by atoms with Crippen LogP contribution in [0.4, 0.5) is 0 Å². The molecule has 0 fully saturated rings. The van der Waals surface area contributed by atoms with Crippen molar-refractivity contribution in [3.63, 3.8) is 0 Å². The van der Waals surface area contributed by atoms with E-state index in [1.54, 1.807) is 0 Å². The summed E-state index contributed by atoms with van der Waals surface area (Å²) in [4.78, 5) is 0. The van der Waals surface area contributed by atoms with E-state index >= 15 is 0 Å². The number of allylic oxidation sites excluding steroid dienone is 5. The zero-order chi connectivity index (χ0) is 36.0. The largest absolute Gasteiger partial charge is 0.0990 e. The second kappa shape index (κ2) is 10.1. The van der Waals surface area contributed by atoms with E-state index < -0.39 is 0 Å². The van der Waals surface area contributed by atoms with Gasteiger partial charge in [-0.25, -0.2) is 0 Å². The third kappa shape index (κ3) is 3.86. The normalized spacial score (nSPS) is 19.9. The smallest absolute Gasteiger partial charge is 0.0162 e. The highest BCUT2D eigenvalue weighted by Gasteiger charge is 2.48. The molecule has 0 aromatic heterocycles. The number of rotatable bonds is 3. The number of benzene rings is 5. The second-order valence-electron chi connectivity index (χ2n) is 17.4. The molecule has 51 heavy (non-hydrogen) atoms. The lowest BCUT2D eigenvalue weighted by atomic mass is 9.72. The summed E-state index contributed by atoms with van der Waals surface area (Å²) in [7, 11) is 0. The monoisotopic (exact) mass is 660 g/mol. The molecule has 4 aliphatic carbocycles. The summed E-state index contributed by atoms with van der Waals surface area (Å²) in [5, 5.41) is 0. The molecule has 0 amide bonds. The van der Waals surface area contributed by atoms with Gasteiger partial charge in [-0.05, 0) is 125 Å². The van der Waals surface area contributed by atoms with Gasteiger partial charge in [-0.15, -0.1) is 0 Å². The van der Waals surface area contributed by atoms with Gasteiger partial charge in [0.2, 0.25) is 0 Å². The topological polar surface area (TPSA) is 0 Å². The highest BCUT2D eigenvalue weighted by Crippen LogP contribution is 2.61. The molecule has 0 saturated heterocycles. The van der Waals surface area contributed by atoms with Gasteiger partial charge in [-0.1, -0.05) is 160 Å². The van der Waals surface area contributed by atoms with E-state index in [0.717, 1.165) is 5.57 Å². The lowest BCUT2D eigenvalue weighted by Gasteiger charge is -2.31. The first kappa shape index (κ1) is 32.0. The lowest BCUT2D eigenvalue weighted by Crippen LogP contribution is -2.24. The number of hydrogen-bond donors (Lipinski definition) is 0. The maximum Gasteiger partial charge on any atom is 0.0162 e. The number of fused-ring (bicyclic) bond motifs is 12. The molecular formula is C51H48. The fraction of sp³-hybridized carbons (Fsp3) is 0.255. The fourth-order valence-corrected chi connectivity index (χ4v) is 10.9. The van der Waals surface area contributed by atoms with Crippen molar-refractivity contribution >= 4 is 11.1 Å². The van der Waals surface area contributed by atoms with Crippen LogP contribution < -0.4 is 0 Å². The van der Waals surface area contributed by atoms with Crippen LogP contribution in [0.15, 0.2) is 122 Å². The molecule has 5 aromatic rings. The Hall–Kier alpha value is -4.94. The average molecular weight is 661 g/mol. The summed E-state index contributed by atoms with van der Waals surface area (Å²) < 4.78 is 0. The van der Waals surface area contributed by atoms with E-state index in [4.69, 9.17) is 6.58 Å². The minimum Gasteiger partial charge on any atom is -0.0990 e. The van der Waals surface area contributed by atoms with Gasteiger partial charge >= 0.3 is 0 Å². The van der Waals surface area contributed by atoms with Gasteiger partial charge in [0.1, 0.15) is 0 Å². The maximum absolute atomic E-state index is 4.76. The van der Waals surface area contributed by atoms with E-state index in [1.807, 2.05) is 6.08 Å². The van der Waals surface area contributed by atoms with E-state index in [1.165, 1.54) is 100 Å². The van der Waals surface area contributed by atoms with Crippen LogP contribution in [-0.2, 0) is 21.7 Å². The van der Waals surface area contributed by atoms with E-state index in [0.29, 0.717) is 0 Å². The van der Waals surface area contributed by atoms with E-state index in [9.17, 15) is 0 Å². The molecule has 0 aliphatic heterocycles. The van der Waals surface area contributed by atoms with Crippen molar-refractivity contribution < 1.29 is 0 Å². The Labute approximate surface area is 305 Å². The Morgan fingerprint density at radius 3 is 1.39 bits per heavy atom. The standard InChI is InChI=1S/C51H48/c1-12-16-32-36-23-25-38-34-21-19-30(27-42(34)50(8,9)46(38)44(36)48(4,5)40(32)13-2)29(3)31-20-22-35-39-26-24-37-33-17-14-15-18-41(33)49(6,7)45(37)47(39)51(10,11)43(35)28-31/h12-28H,1,3H2,2,4-11H3/b32-16-,40-13+. The molecule has 0 heteroatoms. The first-order valence-corrected chi connectivity index (χ1v) is 18.6. The highest BCUT2D eigenvalue weighted by molar-refractivity contribution is 5.97. The maximum atomic E-state index is 4.76. The van der Waals surface area contributed by atoms with Crippen molar-refractivity contribution in [2.75, 3.05) is 0 Å². The molecule has 9 rings (SSSR count). The van der Waals surface area contributed by atoms with Crippen LogP contribution in [0.5, 0.6) is 0 Å². The SMILES string of the molecule is C=C/C=C1\C(=C/C)C(C)(C)c2c1ccc1c2C(C)(C)c2cc(C(=C)c3ccc4c(c3)C(C)(C)c3c-4ccc4c3C(C)(C)c3ccccc3-4)ccc2-1. The predicted octanol–water partition coefficient (Wildman–Crippen LogP) is 13.5. The Morgan fingerprint density at radius 1 is 0.490 bits per heavy atom. The van der Waals surface area contributed by atoms with Gasteiger partial charge in [0.05, 0.1) is 0 Å². The van der Waals surface area contributed by atoms with Crippen molar-refractivity contribution in [1.29, 1.82) is 0 Å². The third-order valence-electron chi connectivity index (χ3n) is 13.3. The summed E-state index contributed by atoms with van der Waals surface area (Å²) in [5.41, 5.74) is 25.4. The van der Waals surface area contributed by atoms with Crippen LogP contribution in [-0.4, -0.2) is 0 Å². The first-order chi connectivity index (χ1) is 24.2. The highest BCUT2D eigenvalue weighted by atomic mass is 14.5. The molecule has 0 N–H and O–H groups in total. The van der Waals surface area contributed by atoms with Crippen molar-refractivity contribution in [2.24, 2.45) is 0 Å². The minimum absolute atomic E-state index is 0.0506. The lowest BCUT2D eigenvalue weighted by molar-refractivity contribution is 0.600. The van der Waals surface area contributed by atoms with Crippen LogP contribution in [0.1, 0.15) is 118 Å². The molecule has 0 spiro atoms. The van der Waals surface area contributed by atoms with Gasteiger partial charge in [0.15, 0.2) is 0 Å². The first-order valence-electron chi connectivity index (χ1n) is 18.6. The molecule has 0 atom stereocenters. The molecule has 252 valence electrons. The van der Waals surface area contributed by atoms with Gasteiger partial charge < -0.3 is 0 Å². The van der Waals surface area contributed by atoms with Crippen LogP contribution >= 0.6 is 0 Å². The zero-order valence-corrected chi connectivity index (χ0v) is 31.7. The summed E-state index contributed by atoms with van der Waals surface area (Å²) >= 11 is 0. The summed E-state index contributed by atoms with van der Waals surface area (Å²) in [6.45, 7) is 30.2. The Balaban J connectivity index is 1.12. The molecule has 0 radical (unpaired) electrons. The van der Waals surface area contributed by atoms with E-state index in [2.05, 4.69) is 166 Å². The van der Waals surface area contributed by atoms with Crippen LogP contribution in [0.3, 0.4) is 0 Å². The number of hydrogen-bond acceptors (Lipinski definition) is 0. The predicted molar refractivity (Wildman–Crippen MR) is 219 cm³/mol. The zero-order valence-electron chi connectivity index (χ0n) is 31.7. The van der Waals surface area contributed by atoms with Gasteiger partial charge in [-0.3, -0.25) is 0 Å². The van der Waals surface area contributed by atoms with Crippen molar-refractivity contribution in [1.82, 2.24) is 0 Å². The van der Waals surface area contributed by atoms with Gasteiger partial charge in [0, 0.05) is 21.7 Å². The van der Waals surface area contributed by atoms with Gasteiger partial charge in [-0.2, -0.15) is 0 Å². The third-order valence-corrected chi connectivity index (χ3v) is 13.3. The second-order valence-corrected chi connectivity index (χ2v) is 17.4. The molecule has 5 aromatic carbocycles. The van der Waals surface area contributed by atoms with Crippen molar-refractivity contribution in [3.8, 4) is 33.4 Å². The Morgan fingerprint density at radius 2 is 0.902 bits per heavy atom. The molecule has 0 heterocycles. The average Bonchev–Trinajstić information content (AvgIpc) is 3.67. The minimum atomic E-state index is -0.154. The molecule has 0 bridgehead atoms. The molecular weight excluding hydrogens is 613 g/mol. The van der Waals surface area contributed by atoms with Gasteiger partial charge in [0.25, 0.3) is 0 Å². The van der Waals surface area contributed by atoms with Crippen LogP contribution in [0, 0.1) is 0 Å². The fourth-order valence-electron chi connectivity index (χ4n) is 10.9. The summed E-state index contributed by atoms with van der Waals surface area (Å²) in [6.07, 6.45) is 6.42. The Bertz CT molecular complexity index is 2500. The molecule has 0 unspecified atom stereocenters. The molecule has 4 aliphatic rings. The van der Waals surface area contributed by atoms with Crippen molar-refractivity contribution in [2.45, 2.75) is 84.0 Å². The van der Waals surface area contributed by atoms with Crippen LogP contribution in [0.2, 0.25) is 0 Å². The Kier molecular flexibility index (Phi) is 6.34. The van der Waals surface area contributed by atoms with Crippen LogP contribution in [0.25, 0.3) is 44.5 Å².